The molecule has 3 aromatic rings. The summed E-state index contributed by atoms with van der Waals surface area (Å²) in [5.41, 5.74) is 12.9. The van der Waals surface area contributed by atoms with Crippen molar-refractivity contribution in [3.05, 3.63) is 108 Å². The number of allylic oxidation sites excluding steroid dienone is 3. The van der Waals surface area contributed by atoms with E-state index < -0.39 is 0 Å². The molecular weight excluding hydrogens is 407 g/mol. The molecular formula is C25H23N2Se. The first-order valence-electron chi connectivity index (χ1n) is 9.27. The van der Waals surface area contributed by atoms with Crippen LogP contribution >= 0.6 is 0 Å². The van der Waals surface area contributed by atoms with Crippen LogP contribution < -0.4 is 10.6 Å². The number of hydrogen-bond donors (Lipinski definition) is 1. The molecule has 0 saturated carbocycles. The SMILES string of the molecule is CN(C)c1ccc(C2=CC(c3ccc(N)cc3)=[Se]C(c3ccccc3)=C2)cc1. The van der Waals surface area contributed by atoms with Gasteiger partial charge in [0.05, 0.1) is 0 Å². The number of hydrogen-bond acceptors (Lipinski definition) is 2. The van der Waals surface area contributed by atoms with Crippen molar-refractivity contribution in [1.29, 1.82) is 0 Å². The summed E-state index contributed by atoms with van der Waals surface area (Å²) in [4.78, 5) is 2.12. The summed E-state index contributed by atoms with van der Waals surface area (Å²) in [5.74, 6) is 0. The van der Waals surface area contributed by atoms with Crippen LogP contribution in [0.1, 0.15) is 16.7 Å². The second-order valence-corrected chi connectivity index (χ2v) is 9.28. The molecule has 0 fully saturated rings. The van der Waals surface area contributed by atoms with Gasteiger partial charge in [-0.05, 0) is 0 Å². The number of rotatable bonds is 4. The van der Waals surface area contributed by atoms with Gasteiger partial charge in [0.1, 0.15) is 0 Å². The molecule has 0 saturated heterocycles. The Bertz CT molecular complexity index is 1060. The van der Waals surface area contributed by atoms with Crippen molar-refractivity contribution in [2.75, 3.05) is 24.7 Å². The van der Waals surface area contributed by atoms with Crippen molar-refractivity contribution in [3.63, 3.8) is 0 Å². The van der Waals surface area contributed by atoms with Crippen molar-refractivity contribution in [2.45, 2.75) is 0 Å². The van der Waals surface area contributed by atoms with Crippen molar-refractivity contribution in [2.24, 2.45) is 0 Å². The molecule has 2 nitrogen and oxygen atoms in total. The molecule has 4 rings (SSSR count). The summed E-state index contributed by atoms with van der Waals surface area (Å²) in [6, 6.07) is 27.7. The summed E-state index contributed by atoms with van der Waals surface area (Å²) in [5, 5.41) is 0. The molecule has 0 spiro atoms. The Kier molecular flexibility index (Phi) is 5.29. The fourth-order valence-electron chi connectivity index (χ4n) is 3.15. The third-order valence-corrected chi connectivity index (χ3v) is 7.17. The van der Waals surface area contributed by atoms with Crippen LogP contribution in [0, 0.1) is 0 Å². The summed E-state index contributed by atoms with van der Waals surface area (Å²) in [7, 11) is 4.13. The van der Waals surface area contributed by atoms with Crippen LogP contribution in [-0.2, 0) is 0 Å². The summed E-state index contributed by atoms with van der Waals surface area (Å²) in [6.45, 7) is 0. The summed E-state index contributed by atoms with van der Waals surface area (Å²) in [6.07, 6.45) is 4.68. The summed E-state index contributed by atoms with van der Waals surface area (Å²) < 4.78 is 2.77. The van der Waals surface area contributed by atoms with E-state index in [1.807, 2.05) is 12.1 Å². The van der Waals surface area contributed by atoms with Gasteiger partial charge in [-0.1, -0.05) is 0 Å². The first-order valence-corrected chi connectivity index (χ1v) is 11.0. The van der Waals surface area contributed by atoms with Gasteiger partial charge in [0.15, 0.2) is 0 Å². The van der Waals surface area contributed by atoms with Crippen molar-refractivity contribution < 1.29 is 0 Å². The van der Waals surface area contributed by atoms with Gasteiger partial charge >= 0.3 is 173 Å². The Morgan fingerprint density at radius 1 is 0.679 bits per heavy atom. The van der Waals surface area contributed by atoms with E-state index in [9.17, 15) is 0 Å². The third-order valence-electron chi connectivity index (χ3n) is 4.76. The van der Waals surface area contributed by atoms with Gasteiger partial charge in [0.2, 0.25) is 0 Å². The van der Waals surface area contributed by atoms with Gasteiger partial charge in [-0.15, -0.1) is 0 Å². The van der Waals surface area contributed by atoms with E-state index in [0.717, 1.165) is 5.69 Å². The van der Waals surface area contributed by atoms with E-state index in [0.29, 0.717) is 0 Å². The third kappa shape index (κ3) is 4.01. The Balaban J connectivity index is 1.80. The Morgan fingerprint density at radius 2 is 1.32 bits per heavy atom. The number of nitrogen functional groups attached to an aromatic ring is 1. The monoisotopic (exact) mass is 431 g/mol. The Hall–Kier alpha value is -2.87. The number of nitrogens with two attached hydrogens (primary N) is 1. The van der Waals surface area contributed by atoms with Crippen LogP contribution in [0.2, 0.25) is 0 Å². The van der Waals surface area contributed by atoms with Crippen LogP contribution in [-0.4, -0.2) is 33.0 Å². The standard InChI is InChI=1S/C25H23N2Se/c1-27(2)23-14-10-18(11-15-23)21-16-24(19-6-4-3-5-7-19)28-25(17-21)20-8-12-22(26)13-9-20/h3-17H,26H2,1-2H3. The normalized spacial score (nSPS) is 13.4. The van der Waals surface area contributed by atoms with E-state index >= 15 is 0 Å². The number of nitrogens with zero attached hydrogens (tertiary/aromatic N) is 1. The van der Waals surface area contributed by atoms with Crippen LogP contribution in [0.25, 0.3) is 10.0 Å². The fraction of sp³-hybridized carbons (Fsp3) is 0.0800. The van der Waals surface area contributed by atoms with Gasteiger partial charge < -0.3 is 0 Å². The molecule has 0 amide bonds. The van der Waals surface area contributed by atoms with E-state index in [4.69, 9.17) is 5.73 Å². The molecule has 0 atom stereocenters. The minimum atomic E-state index is 0.241. The van der Waals surface area contributed by atoms with E-state index in [-0.39, 0.29) is 14.5 Å². The second-order valence-electron chi connectivity index (χ2n) is 7.00. The zero-order chi connectivity index (χ0) is 19.5. The van der Waals surface area contributed by atoms with E-state index in [2.05, 4.69) is 97.9 Å². The predicted octanol–water partition coefficient (Wildman–Crippen LogP) is 4.70. The molecule has 1 heterocycles. The second kappa shape index (κ2) is 8.02. The number of benzene rings is 3. The fourth-order valence-corrected chi connectivity index (χ4v) is 5.50. The van der Waals surface area contributed by atoms with E-state index in [1.165, 1.54) is 36.8 Å². The molecule has 0 aromatic heterocycles. The molecule has 0 aliphatic carbocycles. The first-order chi connectivity index (χ1) is 13.6. The van der Waals surface area contributed by atoms with Gasteiger partial charge in [-0.25, -0.2) is 0 Å². The van der Waals surface area contributed by atoms with Crippen LogP contribution in [0.15, 0.2) is 91.0 Å². The van der Waals surface area contributed by atoms with Crippen molar-refractivity contribution in [3.8, 4) is 0 Å². The molecule has 0 unspecified atom stereocenters. The maximum absolute atomic E-state index is 5.90. The topological polar surface area (TPSA) is 29.3 Å². The van der Waals surface area contributed by atoms with Gasteiger partial charge in [0.25, 0.3) is 0 Å². The number of anilines is 2. The molecule has 2 N–H and O–H groups in total. The molecule has 139 valence electrons. The predicted molar refractivity (Wildman–Crippen MR) is 124 cm³/mol. The molecule has 3 heteroatoms. The average Bonchev–Trinajstić information content (AvgIpc) is 2.74. The van der Waals surface area contributed by atoms with Crippen LogP contribution in [0.5, 0.6) is 0 Å². The Morgan fingerprint density at radius 3 is 1.96 bits per heavy atom. The van der Waals surface area contributed by atoms with E-state index in [1.54, 1.807) is 0 Å². The Labute approximate surface area is 172 Å². The average molecular weight is 430 g/mol. The molecule has 1 aliphatic heterocycles. The quantitative estimate of drug-likeness (QED) is 0.480. The van der Waals surface area contributed by atoms with Crippen molar-refractivity contribution in [1.82, 2.24) is 0 Å². The minimum absolute atomic E-state index is 0.241. The summed E-state index contributed by atoms with van der Waals surface area (Å²) >= 11 is 0.241. The molecule has 0 bridgehead atoms. The van der Waals surface area contributed by atoms with Crippen LogP contribution in [0.3, 0.4) is 0 Å². The molecule has 28 heavy (non-hydrogen) atoms. The first kappa shape index (κ1) is 18.5. The molecule has 1 aliphatic rings. The van der Waals surface area contributed by atoms with Crippen molar-refractivity contribution >= 4 is 40.4 Å². The van der Waals surface area contributed by atoms with Gasteiger partial charge in [0, 0.05) is 0 Å². The molecule has 1 radical (unpaired) electrons. The van der Waals surface area contributed by atoms with Gasteiger partial charge in [-0.2, -0.15) is 0 Å². The van der Waals surface area contributed by atoms with Gasteiger partial charge in [-0.3, -0.25) is 0 Å². The maximum atomic E-state index is 5.90. The molecule has 3 aromatic carbocycles. The zero-order valence-electron chi connectivity index (χ0n) is 16.1. The van der Waals surface area contributed by atoms with Crippen LogP contribution in [0.4, 0.5) is 11.4 Å². The zero-order valence-corrected chi connectivity index (χ0v) is 17.8.